The van der Waals surface area contributed by atoms with Crippen molar-refractivity contribution in [3.63, 3.8) is 0 Å². The molecular weight excluding hydrogens is 347 g/mol. The fourth-order valence-corrected chi connectivity index (χ4v) is 3.38. The molecule has 7 heteroatoms. The van der Waals surface area contributed by atoms with E-state index in [1.807, 2.05) is 18.2 Å². The summed E-state index contributed by atoms with van der Waals surface area (Å²) < 4.78 is 20.0. The predicted molar refractivity (Wildman–Crippen MR) is 103 cm³/mol. The normalized spacial score (nSPS) is 14.6. The number of fused-ring (bicyclic) bond motifs is 1. The van der Waals surface area contributed by atoms with E-state index in [-0.39, 0.29) is 17.5 Å². The summed E-state index contributed by atoms with van der Waals surface area (Å²) in [7, 11) is 3.32. The summed E-state index contributed by atoms with van der Waals surface area (Å²) in [4.78, 5) is 22.3. The van der Waals surface area contributed by atoms with Gasteiger partial charge in [-0.3, -0.25) is 4.79 Å². The number of nitrogens with zero attached hydrogens (tertiary/aromatic N) is 4. The molecule has 140 valence electrons. The van der Waals surface area contributed by atoms with Gasteiger partial charge >= 0.3 is 0 Å². The lowest BCUT2D eigenvalue weighted by Gasteiger charge is -2.36. The lowest BCUT2D eigenvalue weighted by Crippen LogP contribution is -2.46. The molecule has 1 aliphatic rings. The van der Waals surface area contributed by atoms with Crippen molar-refractivity contribution in [3.8, 4) is 0 Å². The number of benzene rings is 1. The first kappa shape index (κ1) is 17.3. The Hall–Kier alpha value is -3.09. The average molecular weight is 368 g/mol. The Morgan fingerprint density at radius 3 is 2.52 bits per heavy atom. The quantitative estimate of drug-likeness (QED) is 0.711. The zero-order valence-corrected chi connectivity index (χ0v) is 15.4. The van der Waals surface area contributed by atoms with Gasteiger partial charge in [-0.15, -0.1) is 0 Å². The standard InChI is InChI=1S/C20H21FN4O2/c1-23(2)20(26)17-12-14-11-15(21)13-16(19(14)27-17)24-7-9-25(10-8-24)18-5-3-4-6-22-18/h3-6,11-13H,7-10H2,1-2H3. The van der Waals surface area contributed by atoms with Gasteiger partial charge in [0.2, 0.25) is 0 Å². The minimum atomic E-state index is -0.339. The van der Waals surface area contributed by atoms with E-state index in [1.54, 1.807) is 26.4 Å². The summed E-state index contributed by atoms with van der Waals surface area (Å²) in [6.45, 7) is 2.98. The molecule has 1 aromatic carbocycles. The molecule has 4 rings (SSSR count). The summed E-state index contributed by atoms with van der Waals surface area (Å²) in [5.74, 6) is 0.583. The molecule has 0 saturated carbocycles. The summed E-state index contributed by atoms with van der Waals surface area (Å²) in [6.07, 6.45) is 1.78. The van der Waals surface area contributed by atoms with E-state index in [4.69, 9.17) is 4.42 Å². The highest BCUT2D eigenvalue weighted by Gasteiger charge is 2.23. The number of hydrogen-bond acceptors (Lipinski definition) is 5. The number of pyridine rings is 1. The molecule has 27 heavy (non-hydrogen) atoms. The number of rotatable bonds is 3. The van der Waals surface area contributed by atoms with Crippen molar-refractivity contribution >= 4 is 28.4 Å². The van der Waals surface area contributed by atoms with Gasteiger partial charge in [-0.1, -0.05) is 6.07 Å². The van der Waals surface area contributed by atoms with Crippen LogP contribution in [0.4, 0.5) is 15.9 Å². The van der Waals surface area contributed by atoms with Crippen LogP contribution in [0.3, 0.4) is 0 Å². The van der Waals surface area contributed by atoms with Crippen LogP contribution < -0.4 is 9.80 Å². The highest BCUT2D eigenvalue weighted by atomic mass is 19.1. The largest absolute Gasteiger partial charge is 0.449 e. The van der Waals surface area contributed by atoms with Crippen LogP contribution in [0, 0.1) is 5.82 Å². The van der Waals surface area contributed by atoms with Gasteiger partial charge < -0.3 is 19.1 Å². The van der Waals surface area contributed by atoms with E-state index in [0.717, 1.165) is 18.9 Å². The second-order valence-corrected chi connectivity index (χ2v) is 6.82. The van der Waals surface area contributed by atoms with Crippen LogP contribution in [0.1, 0.15) is 10.6 Å². The Morgan fingerprint density at radius 2 is 1.85 bits per heavy atom. The van der Waals surface area contributed by atoms with Crippen LogP contribution in [0.15, 0.2) is 47.0 Å². The van der Waals surface area contributed by atoms with Gasteiger partial charge in [0.1, 0.15) is 11.6 Å². The summed E-state index contributed by atoms with van der Waals surface area (Å²) in [5.41, 5.74) is 1.23. The van der Waals surface area contributed by atoms with E-state index < -0.39 is 0 Å². The fourth-order valence-electron chi connectivity index (χ4n) is 3.38. The lowest BCUT2D eigenvalue weighted by molar-refractivity contribution is 0.0799. The molecule has 3 heterocycles. The highest BCUT2D eigenvalue weighted by Crippen LogP contribution is 2.32. The van der Waals surface area contributed by atoms with Crippen LogP contribution in [-0.4, -0.2) is 56.1 Å². The number of carbonyl (C=O) groups is 1. The SMILES string of the molecule is CN(C)C(=O)c1cc2cc(F)cc(N3CCN(c4ccccn4)CC3)c2o1. The lowest BCUT2D eigenvalue weighted by atomic mass is 10.2. The van der Waals surface area contributed by atoms with Crippen molar-refractivity contribution in [2.45, 2.75) is 0 Å². The Labute approximate surface area is 156 Å². The number of halogens is 1. The first-order valence-corrected chi connectivity index (χ1v) is 8.88. The van der Waals surface area contributed by atoms with Gasteiger partial charge in [0, 0.05) is 57.9 Å². The van der Waals surface area contributed by atoms with Gasteiger partial charge in [0.05, 0.1) is 5.69 Å². The number of hydrogen-bond donors (Lipinski definition) is 0. The van der Waals surface area contributed by atoms with E-state index >= 15 is 0 Å². The summed E-state index contributed by atoms with van der Waals surface area (Å²) in [5, 5.41) is 0.599. The van der Waals surface area contributed by atoms with Crippen LogP contribution in [-0.2, 0) is 0 Å². The smallest absolute Gasteiger partial charge is 0.289 e. The maximum absolute atomic E-state index is 14.2. The molecule has 6 nitrogen and oxygen atoms in total. The first-order valence-electron chi connectivity index (χ1n) is 8.88. The first-order chi connectivity index (χ1) is 13.0. The van der Waals surface area contributed by atoms with Gasteiger partial charge in [0.15, 0.2) is 11.3 Å². The van der Waals surface area contributed by atoms with Gasteiger partial charge in [-0.2, -0.15) is 0 Å². The molecule has 1 aliphatic heterocycles. The number of aromatic nitrogens is 1. The second-order valence-electron chi connectivity index (χ2n) is 6.82. The molecule has 0 spiro atoms. The number of carbonyl (C=O) groups excluding carboxylic acids is 1. The van der Waals surface area contributed by atoms with Crippen molar-refractivity contribution in [1.29, 1.82) is 0 Å². The molecule has 0 bridgehead atoms. The van der Waals surface area contributed by atoms with E-state index in [1.165, 1.54) is 17.0 Å². The summed E-state index contributed by atoms with van der Waals surface area (Å²) in [6, 6.07) is 10.3. The topological polar surface area (TPSA) is 52.8 Å². The van der Waals surface area contributed by atoms with E-state index in [2.05, 4.69) is 14.8 Å². The maximum atomic E-state index is 14.2. The van der Waals surface area contributed by atoms with Crippen LogP contribution >= 0.6 is 0 Å². The van der Waals surface area contributed by atoms with Crippen molar-refractivity contribution in [3.05, 3.63) is 54.2 Å². The molecule has 0 unspecified atom stereocenters. The van der Waals surface area contributed by atoms with Gasteiger partial charge in [0.25, 0.3) is 5.91 Å². The Balaban J connectivity index is 1.61. The predicted octanol–water partition coefficient (Wildman–Crippen LogP) is 3.00. The highest BCUT2D eigenvalue weighted by molar-refractivity contribution is 5.99. The van der Waals surface area contributed by atoms with Crippen LogP contribution in [0.5, 0.6) is 0 Å². The molecule has 0 N–H and O–H groups in total. The Morgan fingerprint density at radius 1 is 1.11 bits per heavy atom. The zero-order valence-electron chi connectivity index (χ0n) is 15.4. The van der Waals surface area contributed by atoms with Gasteiger partial charge in [-0.05, 0) is 24.3 Å². The minimum Gasteiger partial charge on any atom is -0.449 e. The third-order valence-corrected chi connectivity index (χ3v) is 4.77. The summed E-state index contributed by atoms with van der Waals surface area (Å²) >= 11 is 0. The molecule has 3 aromatic rings. The van der Waals surface area contributed by atoms with Crippen molar-refractivity contribution in [1.82, 2.24) is 9.88 Å². The molecule has 2 aromatic heterocycles. The molecule has 0 aliphatic carbocycles. The number of amides is 1. The fraction of sp³-hybridized carbons (Fsp3) is 0.300. The Kier molecular flexibility index (Phi) is 4.43. The Bertz CT molecular complexity index is 963. The van der Waals surface area contributed by atoms with Gasteiger partial charge in [-0.25, -0.2) is 9.37 Å². The van der Waals surface area contributed by atoms with Crippen LogP contribution in [0.25, 0.3) is 11.0 Å². The van der Waals surface area contributed by atoms with E-state index in [0.29, 0.717) is 29.7 Å². The molecular formula is C20H21FN4O2. The third-order valence-electron chi connectivity index (χ3n) is 4.77. The third kappa shape index (κ3) is 3.32. The van der Waals surface area contributed by atoms with Crippen molar-refractivity contribution < 1.29 is 13.6 Å². The molecule has 1 saturated heterocycles. The second kappa shape index (κ2) is 6.90. The molecule has 1 fully saturated rings. The van der Waals surface area contributed by atoms with Crippen molar-refractivity contribution in [2.24, 2.45) is 0 Å². The molecule has 1 amide bonds. The monoisotopic (exact) mass is 368 g/mol. The number of piperazine rings is 1. The average Bonchev–Trinajstić information content (AvgIpc) is 3.11. The number of anilines is 2. The number of furan rings is 1. The van der Waals surface area contributed by atoms with Crippen molar-refractivity contribution in [2.75, 3.05) is 50.1 Å². The minimum absolute atomic E-state index is 0.217. The van der Waals surface area contributed by atoms with Crippen LogP contribution in [0.2, 0.25) is 0 Å². The molecule has 0 radical (unpaired) electrons. The molecule has 0 atom stereocenters. The zero-order chi connectivity index (χ0) is 19.0. The maximum Gasteiger partial charge on any atom is 0.289 e. The van der Waals surface area contributed by atoms with E-state index in [9.17, 15) is 9.18 Å².